The number of carbonyl (C=O) groups is 1. The van der Waals surface area contributed by atoms with Gasteiger partial charge in [0.05, 0.1) is 0 Å². The highest BCUT2D eigenvalue weighted by atomic mass is 35.5. The average Bonchev–Trinajstić information content (AvgIpc) is 3.07. The molecule has 0 saturated carbocycles. The van der Waals surface area contributed by atoms with Crippen molar-refractivity contribution in [1.29, 1.82) is 0 Å². The zero-order valence-corrected chi connectivity index (χ0v) is 13.7. The van der Waals surface area contributed by atoms with Gasteiger partial charge < -0.3 is 5.32 Å². The molecule has 0 fully saturated rings. The molecule has 0 saturated heterocycles. The van der Waals surface area contributed by atoms with Crippen LogP contribution in [0.2, 0.25) is 10.0 Å². The van der Waals surface area contributed by atoms with Gasteiger partial charge in [-0.15, -0.1) is 10.2 Å². The molecule has 0 aliphatic carbocycles. The van der Waals surface area contributed by atoms with Crippen LogP contribution in [0.5, 0.6) is 0 Å². The van der Waals surface area contributed by atoms with Gasteiger partial charge in [-0.05, 0) is 47.2 Å². The smallest absolute Gasteiger partial charge is 0.248 e. The summed E-state index contributed by atoms with van der Waals surface area (Å²) < 4.78 is 0. The number of aromatic nitrogens is 4. The van der Waals surface area contributed by atoms with Crippen molar-refractivity contribution >= 4 is 40.9 Å². The number of rotatable bonds is 4. The second kappa shape index (κ2) is 7.25. The molecule has 2 N–H and O–H groups in total. The largest absolute Gasteiger partial charge is 0.322 e. The van der Waals surface area contributed by atoms with Crippen LogP contribution in [0.1, 0.15) is 5.56 Å². The van der Waals surface area contributed by atoms with Crippen LogP contribution in [0.3, 0.4) is 0 Å². The number of nitrogens with one attached hydrogen (secondary N) is 2. The number of carbonyl (C=O) groups excluding carboxylic acids is 1. The molecule has 0 aliphatic heterocycles. The predicted molar refractivity (Wildman–Crippen MR) is 93.7 cm³/mol. The number of tetrazole rings is 1. The summed E-state index contributed by atoms with van der Waals surface area (Å²) in [5.74, 6) is 0.173. The maximum absolute atomic E-state index is 12.0. The molecule has 1 amide bonds. The zero-order valence-electron chi connectivity index (χ0n) is 12.2. The van der Waals surface area contributed by atoms with Crippen molar-refractivity contribution < 1.29 is 4.79 Å². The first-order valence-electron chi connectivity index (χ1n) is 6.89. The summed E-state index contributed by atoms with van der Waals surface area (Å²) in [5.41, 5.74) is 2.10. The number of nitrogens with zero attached hydrogens (tertiary/aromatic N) is 3. The van der Waals surface area contributed by atoms with Gasteiger partial charge in [-0.1, -0.05) is 35.3 Å². The molecule has 120 valence electrons. The maximum atomic E-state index is 12.0. The van der Waals surface area contributed by atoms with E-state index < -0.39 is 0 Å². The van der Waals surface area contributed by atoms with Crippen LogP contribution in [0, 0.1) is 0 Å². The van der Waals surface area contributed by atoms with E-state index >= 15 is 0 Å². The summed E-state index contributed by atoms with van der Waals surface area (Å²) in [6, 6.07) is 12.2. The lowest BCUT2D eigenvalue weighted by Crippen LogP contribution is -2.07. The molecule has 3 aromatic rings. The van der Waals surface area contributed by atoms with Gasteiger partial charge in [0.25, 0.3) is 0 Å². The van der Waals surface area contributed by atoms with E-state index in [0.717, 1.165) is 11.1 Å². The van der Waals surface area contributed by atoms with Crippen molar-refractivity contribution in [3.05, 3.63) is 64.1 Å². The molecule has 24 heavy (non-hydrogen) atoms. The van der Waals surface area contributed by atoms with Crippen LogP contribution in [-0.2, 0) is 4.79 Å². The van der Waals surface area contributed by atoms with E-state index in [9.17, 15) is 4.79 Å². The Bertz CT molecular complexity index is 873. The first-order valence-corrected chi connectivity index (χ1v) is 7.65. The Morgan fingerprint density at radius 3 is 2.62 bits per heavy atom. The van der Waals surface area contributed by atoms with Crippen LogP contribution >= 0.6 is 23.2 Å². The lowest BCUT2D eigenvalue weighted by atomic mass is 10.2. The van der Waals surface area contributed by atoms with Crippen molar-refractivity contribution in [2.24, 2.45) is 0 Å². The van der Waals surface area contributed by atoms with E-state index in [2.05, 4.69) is 25.9 Å². The Morgan fingerprint density at radius 2 is 1.92 bits per heavy atom. The third-order valence-electron chi connectivity index (χ3n) is 3.05. The SMILES string of the molecule is O=C(/C=C/c1cc(Cl)cc(Cl)c1)Nc1cccc(-c2nn[nH]n2)c1. The molecule has 0 radical (unpaired) electrons. The number of H-pyrrole nitrogens is 1. The number of hydrogen-bond donors (Lipinski definition) is 2. The highest BCUT2D eigenvalue weighted by Crippen LogP contribution is 2.20. The van der Waals surface area contributed by atoms with E-state index in [1.807, 2.05) is 6.07 Å². The number of amides is 1. The summed E-state index contributed by atoms with van der Waals surface area (Å²) in [7, 11) is 0. The Balaban J connectivity index is 1.71. The topological polar surface area (TPSA) is 83.6 Å². The molecule has 0 spiro atoms. The standard InChI is InChI=1S/C16H11Cl2N5O/c17-12-6-10(7-13(18)9-12)4-5-15(24)19-14-3-1-2-11(8-14)16-20-22-23-21-16/h1-9H,(H,19,24)(H,20,21,22,23)/b5-4+. The van der Waals surface area contributed by atoms with E-state index in [-0.39, 0.29) is 5.91 Å². The fourth-order valence-electron chi connectivity index (χ4n) is 2.05. The van der Waals surface area contributed by atoms with Gasteiger partial charge in [0.2, 0.25) is 11.7 Å². The minimum atomic E-state index is -0.281. The van der Waals surface area contributed by atoms with Gasteiger partial charge >= 0.3 is 0 Å². The fourth-order valence-corrected chi connectivity index (χ4v) is 2.59. The summed E-state index contributed by atoms with van der Waals surface area (Å²) >= 11 is 11.8. The Morgan fingerprint density at radius 1 is 1.12 bits per heavy atom. The molecule has 8 heteroatoms. The molecular formula is C16H11Cl2N5O. The molecule has 1 heterocycles. The zero-order chi connectivity index (χ0) is 16.9. The summed E-state index contributed by atoms with van der Waals surface area (Å²) in [5, 5.41) is 17.5. The van der Waals surface area contributed by atoms with Gasteiger partial charge in [0.1, 0.15) is 0 Å². The molecule has 1 aromatic heterocycles. The average molecular weight is 360 g/mol. The normalized spacial score (nSPS) is 10.9. The number of aromatic amines is 1. The number of anilines is 1. The van der Waals surface area contributed by atoms with Crippen molar-refractivity contribution in [3.8, 4) is 11.4 Å². The predicted octanol–water partition coefficient (Wildman–Crippen LogP) is 3.83. The molecular weight excluding hydrogens is 349 g/mol. The Kier molecular flexibility index (Phi) is 4.88. The second-order valence-electron chi connectivity index (χ2n) is 4.84. The van der Waals surface area contributed by atoms with Crippen molar-refractivity contribution in [1.82, 2.24) is 20.6 Å². The van der Waals surface area contributed by atoms with Crippen molar-refractivity contribution in [2.75, 3.05) is 5.32 Å². The highest BCUT2D eigenvalue weighted by molar-refractivity contribution is 6.34. The van der Waals surface area contributed by atoms with Crippen LogP contribution in [0.4, 0.5) is 5.69 Å². The lowest BCUT2D eigenvalue weighted by molar-refractivity contribution is -0.111. The quantitative estimate of drug-likeness (QED) is 0.693. The van der Waals surface area contributed by atoms with Crippen molar-refractivity contribution in [2.45, 2.75) is 0 Å². The molecule has 0 unspecified atom stereocenters. The number of benzene rings is 2. The van der Waals surface area contributed by atoms with Crippen molar-refractivity contribution in [3.63, 3.8) is 0 Å². The van der Waals surface area contributed by atoms with Gasteiger partial charge in [-0.3, -0.25) is 4.79 Å². The second-order valence-corrected chi connectivity index (χ2v) is 5.71. The van der Waals surface area contributed by atoms with Crippen LogP contribution < -0.4 is 5.32 Å². The van der Waals surface area contributed by atoms with Gasteiger partial charge in [-0.25, -0.2) is 0 Å². The first-order chi connectivity index (χ1) is 11.6. The molecule has 0 atom stereocenters. The molecule has 2 aromatic carbocycles. The van der Waals surface area contributed by atoms with E-state index in [1.54, 1.807) is 42.5 Å². The van der Waals surface area contributed by atoms with Gasteiger partial charge in [0, 0.05) is 27.4 Å². The van der Waals surface area contributed by atoms with Crippen LogP contribution in [0.15, 0.2) is 48.5 Å². The Hall–Kier alpha value is -2.70. The third-order valence-corrected chi connectivity index (χ3v) is 3.48. The summed E-state index contributed by atoms with van der Waals surface area (Å²) in [6.07, 6.45) is 3.04. The number of halogens is 2. The lowest BCUT2D eigenvalue weighted by Gasteiger charge is -2.03. The molecule has 0 aliphatic rings. The van der Waals surface area contributed by atoms with Crippen LogP contribution in [0.25, 0.3) is 17.5 Å². The minimum Gasteiger partial charge on any atom is -0.322 e. The fraction of sp³-hybridized carbons (Fsp3) is 0. The third kappa shape index (κ3) is 4.18. The molecule has 3 rings (SSSR count). The first kappa shape index (κ1) is 16.2. The number of hydrogen-bond acceptors (Lipinski definition) is 4. The van der Waals surface area contributed by atoms with Crippen LogP contribution in [-0.4, -0.2) is 26.5 Å². The summed E-state index contributed by atoms with van der Waals surface area (Å²) in [6.45, 7) is 0. The molecule has 0 bridgehead atoms. The van der Waals surface area contributed by atoms with Gasteiger partial charge in [-0.2, -0.15) is 5.21 Å². The van der Waals surface area contributed by atoms with E-state index in [4.69, 9.17) is 23.2 Å². The van der Waals surface area contributed by atoms with E-state index in [1.165, 1.54) is 6.08 Å². The van der Waals surface area contributed by atoms with E-state index in [0.29, 0.717) is 21.6 Å². The van der Waals surface area contributed by atoms with Gasteiger partial charge in [0.15, 0.2) is 0 Å². The Labute approximate surface area is 147 Å². The summed E-state index contributed by atoms with van der Waals surface area (Å²) in [4.78, 5) is 12.0. The monoisotopic (exact) mass is 359 g/mol. The molecule has 6 nitrogen and oxygen atoms in total. The highest BCUT2D eigenvalue weighted by Gasteiger charge is 2.05. The maximum Gasteiger partial charge on any atom is 0.248 e. The minimum absolute atomic E-state index is 0.281.